The van der Waals surface area contributed by atoms with Gasteiger partial charge >= 0.3 is 0 Å². The average molecular weight is 319 g/mol. The van der Waals surface area contributed by atoms with Crippen LogP contribution in [0.25, 0.3) is 11.5 Å². The first-order valence-corrected chi connectivity index (χ1v) is 8.50. The molecule has 1 aromatic carbocycles. The van der Waals surface area contributed by atoms with E-state index in [2.05, 4.69) is 10.3 Å². The molecule has 0 fully saturated rings. The number of benzene rings is 1. The van der Waals surface area contributed by atoms with Gasteiger partial charge in [-0.1, -0.05) is 6.07 Å². The molecule has 0 saturated carbocycles. The van der Waals surface area contributed by atoms with Crippen LogP contribution < -0.4 is 11.1 Å². The molecule has 0 saturated heterocycles. The van der Waals surface area contributed by atoms with Gasteiger partial charge in [-0.05, 0) is 50.5 Å². The largest absolute Gasteiger partial charge is 0.441 e. The van der Waals surface area contributed by atoms with Crippen LogP contribution in [0.1, 0.15) is 17.9 Å². The van der Waals surface area contributed by atoms with Crippen LogP contribution in [0.4, 0.5) is 5.69 Å². The van der Waals surface area contributed by atoms with E-state index in [1.165, 1.54) is 0 Å². The molecular formula is C16H21N3O2S. The molecule has 2 rings (SSSR count). The highest BCUT2D eigenvalue weighted by Gasteiger charge is 2.14. The third kappa shape index (κ3) is 4.11. The summed E-state index contributed by atoms with van der Waals surface area (Å²) in [5.41, 5.74) is 8.25. The van der Waals surface area contributed by atoms with Crippen molar-refractivity contribution in [1.29, 1.82) is 0 Å². The van der Waals surface area contributed by atoms with E-state index in [0.29, 0.717) is 18.0 Å². The number of aryl methyl sites for hydroxylation is 2. The van der Waals surface area contributed by atoms with Crippen molar-refractivity contribution in [2.24, 2.45) is 5.73 Å². The normalized spacial score (nSPS) is 12.2. The molecule has 118 valence electrons. The minimum Gasteiger partial charge on any atom is -0.441 e. The number of carbonyl (C=O) groups is 1. The predicted molar refractivity (Wildman–Crippen MR) is 91.0 cm³/mol. The number of nitrogens with one attached hydrogen (secondary N) is 1. The maximum atomic E-state index is 12.0. The third-order valence-electron chi connectivity index (χ3n) is 3.38. The summed E-state index contributed by atoms with van der Waals surface area (Å²) in [6.07, 6.45) is 2.65. The van der Waals surface area contributed by atoms with E-state index < -0.39 is 6.04 Å². The van der Waals surface area contributed by atoms with Crippen LogP contribution in [0.2, 0.25) is 0 Å². The lowest BCUT2D eigenvalue weighted by atomic mass is 10.2. The number of carbonyl (C=O) groups excluding carboxylic acids is 1. The minimum atomic E-state index is -0.498. The Morgan fingerprint density at radius 3 is 2.86 bits per heavy atom. The molecular weight excluding hydrogens is 298 g/mol. The summed E-state index contributed by atoms with van der Waals surface area (Å²) in [7, 11) is 0. The van der Waals surface area contributed by atoms with E-state index >= 15 is 0 Å². The van der Waals surface area contributed by atoms with Gasteiger partial charge in [-0.2, -0.15) is 11.8 Å². The molecule has 0 aliphatic heterocycles. The molecule has 1 atom stereocenters. The smallest absolute Gasteiger partial charge is 0.241 e. The van der Waals surface area contributed by atoms with E-state index in [-0.39, 0.29) is 5.91 Å². The molecule has 1 aromatic heterocycles. The fourth-order valence-corrected chi connectivity index (χ4v) is 2.43. The van der Waals surface area contributed by atoms with Gasteiger partial charge in [0, 0.05) is 11.3 Å². The number of amides is 1. The summed E-state index contributed by atoms with van der Waals surface area (Å²) in [6, 6.07) is 6.92. The quantitative estimate of drug-likeness (QED) is 0.855. The minimum absolute atomic E-state index is 0.175. The van der Waals surface area contributed by atoms with Gasteiger partial charge in [0.05, 0.1) is 11.7 Å². The molecule has 5 nitrogen and oxygen atoms in total. The van der Waals surface area contributed by atoms with E-state index in [9.17, 15) is 4.79 Å². The van der Waals surface area contributed by atoms with Crippen LogP contribution >= 0.6 is 11.8 Å². The summed E-state index contributed by atoms with van der Waals surface area (Å²) in [4.78, 5) is 16.4. The zero-order chi connectivity index (χ0) is 16.1. The fraction of sp³-hybridized carbons (Fsp3) is 0.375. The number of thioether (sulfide) groups is 1. The molecule has 22 heavy (non-hydrogen) atoms. The van der Waals surface area contributed by atoms with Gasteiger partial charge in [-0.3, -0.25) is 4.79 Å². The molecule has 2 aromatic rings. The lowest BCUT2D eigenvalue weighted by molar-refractivity contribution is -0.117. The number of aromatic nitrogens is 1. The van der Waals surface area contributed by atoms with Gasteiger partial charge < -0.3 is 15.5 Å². The number of hydrogen-bond acceptors (Lipinski definition) is 5. The van der Waals surface area contributed by atoms with Crippen LogP contribution in [-0.2, 0) is 4.79 Å². The first kappa shape index (κ1) is 16.6. The molecule has 1 unspecified atom stereocenters. The summed E-state index contributed by atoms with van der Waals surface area (Å²) < 4.78 is 5.61. The number of anilines is 1. The third-order valence-corrected chi connectivity index (χ3v) is 4.02. The van der Waals surface area contributed by atoms with Crippen molar-refractivity contribution >= 4 is 23.4 Å². The number of oxazole rings is 1. The zero-order valence-electron chi connectivity index (χ0n) is 13.1. The topological polar surface area (TPSA) is 81.2 Å². The van der Waals surface area contributed by atoms with Crippen molar-refractivity contribution in [1.82, 2.24) is 4.98 Å². The van der Waals surface area contributed by atoms with Crippen molar-refractivity contribution in [3.8, 4) is 11.5 Å². The van der Waals surface area contributed by atoms with E-state index in [1.54, 1.807) is 11.8 Å². The van der Waals surface area contributed by atoms with E-state index in [0.717, 1.165) is 22.8 Å². The molecule has 3 N–H and O–H groups in total. The average Bonchev–Trinajstić information content (AvgIpc) is 2.84. The Morgan fingerprint density at radius 2 is 2.23 bits per heavy atom. The Bertz CT molecular complexity index is 635. The van der Waals surface area contributed by atoms with Crippen molar-refractivity contribution in [2.45, 2.75) is 26.3 Å². The van der Waals surface area contributed by atoms with Gasteiger partial charge in [0.15, 0.2) is 0 Å². The van der Waals surface area contributed by atoms with Crippen molar-refractivity contribution in [2.75, 3.05) is 17.3 Å². The van der Waals surface area contributed by atoms with Crippen molar-refractivity contribution < 1.29 is 9.21 Å². The SMILES string of the molecule is CSCCC(N)C(=O)Nc1cccc(-c2nc(C)c(C)o2)c1. The van der Waals surface area contributed by atoms with E-state index in [4.69, 9.17) is 10.2 Å². The Kier molecular flexibility index (Phi) is 5.63. The molecule has 6 heteroatoms. The van der Waals surface area contributed by atoms with Gasteiger partial charge in [0.25, 0.3) is 0 Å². The highest BCUT2D eigenvalue weighted by molar-refractivity contribution is 7.98. The summed E-state index contributed by atoms with van der Waals surface area (Å²) in [5.74, 6) is 2.04. The number of nitrogens with zero attached hydrogens (tertiary/aromatic N) is 1. The molecule has 1 amide bonds. The second-order valence-corrected chi connectivity index (χ2v) is 6.10. The van der Waals surface area contributed by atoms with Crippen LogP contribution in [0.3, 0.4) is 0 Å². The Balaban J connectivity index is 2.10. The monoisotopic (exact) mass is 319 g/mol. The first-order valence-electron chi connectivity index (χ1n) is 7.11. The number of nitrogens with two attached hydrogens (primary N) is 1. The van der Waals surface area contributed by atoms with Crippen LogP contribution in [-0.4, -0.2) is 28.9 Å². The second-order valence-electron chi connectivity index (χ2n) is 5.12. The van der Waals surface area contributed by atoms with Crippen molar-refractivity contribution in [3.05, 3.63) is 35.7 Å². The molecule has 0 aliphatic carbocycles. The Morgan fingerprint density at radius 1 is 1.45 bits per heavy atom. The van der Waals surface area contributed by atoms with Crippen molar-refractivity contribution in [3.63, 3.8) is 0 Å². The summed E-state index contributed by atoms with van der Waals surface area (Å²) >= 11 is 1.68. The standard InChI is InChI=1S/C16H21N3O2S/c1-10-11(2)21-16(18-10)12-5-4-6-13(9-12)19-15(20)14(17)7-8-22-3/h4-6,9,14H,7-8,17H2,1-3H3,(H,19,20). The van der Waals surface area contributed by atoms with E-state index in [1.807, 2.05) is 44.4 Å². The lowest BCUT2D eigenvalue weighted by Gasteiger charge is -2.12. The second kappa shape index (κ2) is 7.47. The molecule has 0 radical (unpaired) electrons. The Hall–Kier alpha value is -1.79. The highest BCUT2D eigenvalue weighted by atomic mass is 32.2. The van der Waals surface area contributed by atoms with Crippen LogP contribution in [0.5, 0.6) is 0 Å². The molecule has 0 aliphatic rings. The zero-order valence-corrected chi connectivity index (χ0v) is 13.9. The first-order chi connectivity index (χ1) is 10.5. The van der Waals surface area contributed by atoms with Gasteiger partial charge in [0.1, 0.15) is 5.76 Å². The summed E-state index contributed by atoms with van der Waals surface area (Å²) in [5, 5.41) is 2.84. The molecule has 0 bridgehead atoms. The summed E-state index contributed by atoms with van der Waals surface area (Å²) in [6.45, 7) is 3.78. The van der Waals surface area contributed by atoms with Gasteiger partial charge in [-0.15, -0.1) is 0 Å². The number of rotatable bonds is 6. The Labute approximate surface area is 134 Å². The molecule has 1 heterocycles. The number of hydrogen-bond donors (Lipinski definition) is 2. The van der Waals surface area contributed by atoms with Crippen LogP contribution in [0.15, 0.2) is 28.7 Å². The maximum Gasteiger partial charge on any atom is 0.241 e. The molecule has 0 spiro atoms. The van der Waals surface area contributed by atoms with Gasteiger partial charge in [-0.25, -0.2) is 4.98 Å². The van der Waals surface area contributed by atoms with Gasteiger partial charge in [0.2, 0.25) is 11.8 Å². The predicted octanol–water partition coefficient (Wildman–Crippen LogP) is 2.98. The maximum absolute atomic E-state index is 12.0. The van der Waals surface area contributed by atoms with Crippen LogP contribution in [0, 0.1) is 13.8 Å². The lowest BCUT2D eigenvalue weighted by Crippen LogP contribution is -2.36. The fourth-order valence-electron chi connectivity index (χ4n) is 1.94. The highest BCUT2D eigenvalue weighted by Crippen LogP contribution is 2.24.